The maximum Gasteiger partial charge on any atom is 0.252 e. The standard InChI is InChI=1S/C23H30N8O5/c1-3-12-5-4-6-13(11(12)2)19(34)27-15-10-31-21(25)26-14(9-30-16(32)7-8-17(30)33)18-22(31,23(15,35)36)29-20(24)28-18/h4-6,14-15,18,35-36H,3,7-10H2,1-2H3,(H2,25,26)(H,27,34)(H3,24,28,29)/t14-,15-,18-,22?/m0/s1. The van der Waals surface area contributed by atoms with Crippen LogP contribution in [0.15, 0.2) is 18.2 Å². The van der Waals surface area contributed by atoms with E-state index in [0.29, 0.717) is 5.56 Å². The summed E-state index contributed by atoms with van der Waals surface area (Å²) in [6.07, 6.45) is 0.940. The quantitative estimate of drug-likeness (QED) is 0.166. The lowest BCUT2D eigenvalue weighted by molar-refractivity contribution is -0.232. The summed E-state index contributed by atoms with van der Waals surface area (Å²) >= 11 is 0. The van der Waals surface area contributed by atoms with Crippen LogP contribution in [0, 0.1) is 17.7 Å². The predicted octanol–water partition coefficient (Wildman–Crippen LogP) is -2.10. The zero-order valence-electron chi connectivity index (χ0n) is 20.0. The summed E-state index contributed by atoms with van der Waals surface area (Å²) in [5, 5.41) is 51.1. The van der Waals surface area contributed by atoms with Gasteiger partial charge >= 0.3 is 0 Å². The van der Waals surface area contributed by atoms with Gasteiger partial charge < -0.3 is 36.4 Å². The van der Waals surface area contributed by atoms with E-state index in [-0.39, 0.29) is 49.7 Å². The van der Waals surface area contributed by atoms with E-state index < -0.39 is 35.5 Å². The first kappa shape index (κ1) is 24.0. The third-order valence-corrected chi connectivity index (χ3v) is 7.81. The number of guanidine groups is 2. The van der Waals surface area contributed by atoms with Crippen molar-refractivity contribution >= 4 is 29.6 Å². The molecule has 4 fully saturated rings. The number of hydrogen-bond donors (Lipinski definition) is 8. The Morgan fingerprint density at radius 3 is 2.56 bits per heavy atom. The molecule has 1 unspecified atom stereocenters. The Hall–Kier alpha value is -3.71. The highest BCUT2D eigenvalue weighted by Gasteiger charge is 2.74. The molecule has 0 radical (unpaired) electrons. The molecule has 13 heteroatoms. The van der Waals surface area contributed by atoms with Gasteiger partial charge in [0.05, 0.1) is 18.6 Å². The van der Waals surface area contributed by atoms with Crippen LogP contribution in [0.5, 0.6) is 0 Å². The van der Waals surface area contributed by atoms with E-state index in [0.717, 1.165) is 22.4 Å². The fourth-order valence-corrected chi connectivity index (χ4v) is 5.90. The minimum atomic E-state index is -2.63. The zero-order chi connectivity index (χ0) is 26.0. The number of hydrogen-bond acceptors (Lipinski definition) is 7. The number of likely N-dealkylation sites (tertiary alicyclic amines) is 1. The first-order valence-electron chi connectivity index (χ1n) is 11.9. The third-order valence-electron chi connectivity index (χ3n) is 7.81. The van der Waals surface area contributed by atoms with Crippen molar-refractivity contribution in [2.75, 3.05) is 13.1 Å². The van der Waals surface area contributed by atoms with Gasteiger partial charge in [0, 0.05) is 24.9 Å². The van der Waals surface area contributed by atoms with E-state index in [4.69, 9.17) is 10.8 Å². The van der Waals surface area contributed by atoms with Crippen molar-refractivity contribution in [2.45, 2.75) is 62.7 Å². The van der Waals surface area contributed by atoms with Crippen LogP contribution in [0.25, 0.3) is 0 Å². The predicted molar refractivity (Wildman–Crippen MR) is 127 cm³/mol. The lowest BCUT2D eigenvalue weighted by atomic mass is 9.84. The number of benzene rings is 1. The Balaban J connectivity index is 1.46. The Labute approximate surface area is 207 Å². The fourth-order valence-electron chi connectivity index (χ4n) is 5.90. The minimum absolute atomic E-state index is 0.100. The number of imide groups is 1. The average molecular weight is 499 g/mol. The molecule has 4 atom stereocenters. The number of aryl methyl sites for hydroxylation is 1. The second-order valence-electron chi connectivity index (χ2n) is 9.69. The maximum absolute atomic E-state index is 13.2. The van der Waals surface area contributed by atoms with Gasteiger partial charge in [0.25, 0.3) is 5.91 Å². The van der Waals surface area contributed by atoms with Crippen molar-refractivity contribution in [1.29, 1.82) is 10.8 Å². The molecule has 0 aromatic heterocycles. The van der Waals surface area contributed by atoms with Crippen LogP contribution >= 0.6 is 0 Å². The molecular formula is C23H30N8O5. The molecule has 4 saturated heterocycles. The van der Waals surface area contributed by atoms with Gasteiger partial charge in [-0.1, -0.05) is 19.1 Å². The lowest BCUT2D eigenvalue weighted by Crippen LogP contribution is -2.81. The number of carbonyl (C=O) groups is 3. The number of amides is 3. The largest absolute Gasteiger partial charge is 0.361 e. The summed E-state index contributed by atoms with van der Waals surface area (Å²) in [6, 6.07) is 2.41. The second kappa shape index (κ2) is 8.17. The van der Waals surface area contributed by atoms with Gasteiger partial charge in [-0.05, 0) is 30.5 Å². The maximum atomic E-state index is 13.2. The molecule has 8 N–H and O–H groups in total. The van der Waals surface area contributed by atoms with Gasteiger partial charge in [-0.3, -0.25) is 30.1 Å². The summed E-state index contributed by atoms with van der Waals surface area (Å²) in [5.74, 6) is -4.20. The Kier molecular flexibility index (Phi) is 5.45. The molecule has 1 spiro atoms. The van der Waals surface area contributed by atoms with Gasteiger partial charge in [0.1, 0.15) is 6.04 Å². The second-order valence-corrected chi connectivity index (χ2v) is 9.69. The van der Waals surface area contributed by atoms with Crippen molar-refractivity contribution in [2.24, 2.45) is 0 Å². The third kappa shape index (κ3) is 3.26. The molecular weight excluding hydrogens is 468 g/mol. The lowest BCUT2D eigenvalue weighted by Gasteiger charge is -2.51. The van der Waals surface area contributed by atoms with Crippen molar-refractivity contribution in [3.63, 3.8) is 0 Å². The number of aliphatic hydroxyl groups is 2. The molecule has 5 rings (SSSR count). The van der Waals surface area contributed by atoms with Crippen molar-refractivity contribution in [1.82, 2.24) is 31.1 Å². The molecule has 192 valence electrons. The van der Waals surface area contributed by atoms with E-state index in [1.54, 1.807) is 12.1 Å². The van der Waals surface area contributed by atoms with Gasteiger partial charge in [0.15, 0.2) is 17.6 Å². The molecule has 4 aliphatic heterocycles. The highest BCUT2D eigenvalue weighted by molar-refractivity contribution is 6.02. The Bertz CT molecular complexity index is 1170. The van der Waals surface area contributed by atoms with E-state index >= 15 is 0 Å². The van der Waals surface area contributed by atoms with Crippen LogP contribution in [0.3, 0.4) is 0 Å². The highest BCUT2D eigenvalue weighted by Crippen LogP contribution is 2.43. The number of carbonyl (C=O) groups excluding carboxylic acids is 3. The fraction of sp³-hybridized carbons (Fsp3) is 0.522. The molecule has 0 aliphatic carbocycles. The zero-order valence-corrected chi connectivity index (χ0v) is 20.0. The highest BCUT2D eigenvalue weighted by atomic mass is 16.5. The average Bonchev–Trinajstić information content (AvgIpc) is 3.42. The monoisotopic (exact) mass is 498 g/mol. The van der Waals surface area contributed by atoms with Crippen LogP contribution in [-0.2, 0) is 16.0 Å². The summed E-state index contributed by atoms with van der Waals surface area (Å²) in [5.41, 5.74) is 0.398. The van der Waals surface area contributed by atoms with Gasteiger partial charge in [-0.15, -0.1) is 0 Å². The summed E-state index contributed by atoms with van der Waals surface area (Å²) in [6.45, 7) is 3.57. The molecule has 4 aliphatic rings. The van der Waals surface area contributed by atoms with E-state index in [2.05, 4.69) is 21.3 Å². The van der Waals surface area contributed by atoms with E-state index in [9.17, 15) is 24.6 Å². The molecule has 1 aromatic carbocycles. The Morgan fingerprint density at radius 1 is 1.19 bits per heavy atom. The number of nitrogens with one attached hydrogen (secondary N) is 6. The minimum Gasteiger partial charge on any atom is -0.361 e. The molecule has 36 heavy (non-hydrogen) atoms. The van der Waals surface area contributed by atoms with E-state index in [1.165, 1.54) is 4.90 Å². The van der Waals surface area contributed by atoms with Gasteiger partial charge in [-0.25, -0.2) is 0 Å². The van der Waals surface area contributed by atoms with Crippen molar-refractivity contribution < 1.29 is 24.6 Å². The van der Waals surface area contributed by atoms with Crippen LogP contribution in [0.4, 0.5) is 0 Å². The van der Waals surface area contributed by atoms with Crippen LogP contribution in [0.1, 0.15) is 41.3 Å². The van der Waals surface area contributed by atoms with Crippen LogP contribution < -0.4 is 21.3 Å². The van der Waals surface area contributed by atoms with E-state index in [1.807, 2.05) is 19.9 Å². The van der Waals surface area contributed by atoms with Crippen molar-refractivity contribution in [3.8, 4) is 0 Å². The smallest absolute Gasteiger partial charge is 0.252 e. The number of rotatable bonds is 5. The van der Waals surface area contributed by atoms with Gasteiger partial charge in [-0.2, -0.15) is 0 Å². The normalized spacial score (nSPS) is 30.5. The molecule has 1 aromatic rings. The molecule has 13 nitrogen and oxygen atoms in total. The molecule has 0 bridgehead atoms. The summed E-state index contributed by atoms with van der Waals surface area (Å²) in [7, 11) is 0. The molecule has 3 amide bonds. The van der Waals surface area contributed by atoms with Crippen molar-refractivity contribution in [3.05, 3.63) is 34.9 Å². The topological polar surface area (TPSA) is 194 Å². The molecule has 4 heterocycles. The SMILES string of the molecule is CCc1cccc(C(=O)N[C@H]2CN3C(=N)N[C@@H](CN4C(=O)CCC4=O)[C@@H]4NC(=N)NC43C2(O)O)c1C. The first-order chi connectivity index (χ1) is 17.0. The molecule has 0 saturated carbocycles. The Morgan fingerprint density at radius 2 is 1.89 bits per heavy atom. The van der Waals surface area contributed by atoms with Gasteiger partial charge in [0.2, 0.25) is 17.6 Å². The summed E-state index contributed by atoms with van der Waals surface area (Å²) in [4.78, 5) is 40.1. The first-order valence-corrected chi connectivity index (χ1v) is 11.9. The van der Waals surface area contributed by atoms with Crippen LogP contribution in [0.2, 0.25) is 0 Å². The summed E-state index contributed by atoms with van der Waals surface area (Å²) < 4.78 is 0. The van der Waals surface area contributed by atoms with Crippen LogP contribution in [-0.4, -0.2) is 92.3 Å². The number of nitrogens with zero attached hydrogens (tertiary/aromatic N) is 2.